The highest BCUT2D eigenvalue weighted by Gasteiger charge is 2.27. The normalized spacial score (nSPS) is 17.2. The summed E-state index contributed by atoms with van der Waals surface area (Å²) in [4.78, 5) is 14.2. The Morgan fingerprint density at radius 1 is 1.32 bits per heavy atom. The fraction of sp³-hybridized carbons (Fsp3) is 0.562. The molecule has 0 aliphatic heterocycles. The Balaban J connectivity index is 1.97. The van der Waals surface area contributed by atoms with Gasteiger partial charge in [-0.3, -0.25) is 4.79 Å². The maximum absolute atomic E-state index is 12.3. The van der Waals surface area contributed by atoms with Crippen molar-refractivity contribution in [1.82, 2.24) is 4.90 Å². The number of ether oxygens (including phenoxy) is 1. The fourth-order valence-electron chi connectivity index (χ4n) is 2.69. The van der Waals surface area contributed by atoms with Crippen LogP contribution < -0.4 is 4.74 Å². The monoisotopic (exact) mass is 261 g/mol. The van der Waals surface area contributed by atoms with E-state index in [0.717, 1.165) is 24.2 Å². The number of carbonyl (C=O) groups excluding carboxylic acids is 1. The summed E-state index contributed by atoms with van der Waals surface area (Å²) in [5.41, 5.74) is 1.06. The highest BCUT2D eigenvalue weighted by molar-refractivity contribution is 5.81. The molecule has 1 amide bonds. The lowest BCUT2D eigenvalue weighted by Crippen LogP contribution is -2.42. The van der Waals surface area contributed by atoms with Crippen molar-refractivity contribution in [2.45, 2.75) is 51.7 Å². The second kappa shape index (κ2) is 6.09. The lowest BCUT2D eigenvalue weighted by atomic mass is 10.2. The summed E-state index contributed by atoms with van der Waals surface area (Å²) in [5, 5.41) is 0. The molecule has 1 atom stereocenters. The molecule has 3 heteroatoms. The van der Waals surface area contributed by atoms with Crippen LogP contribution in [0.15, 0.2) is 24.3 Å². The Morgan fingerprint density at radius 3 is 2.58 bits per heavy atom. The number of benzene rings is 1. The SMILES string of the molecule is Cc1ccccc1OC(C)C(=O)N(C)C1CCCC1. The summed E-state index contributed by atoms with van der Waals surface area (Å²) in [6.45, 7) is 3.83. The second-order valence-corrected chi connectivity index (χ2v) is 5.41. The van der Waals surface area contributed by atoms with Gasteiger partial charge in [-0.1, -0.05) is 31.0 Å². The number of aryl methyl sites for hydroxylation is 1. The van der Waals surface area contributed by atoms with Crippen LogP contribution in [0.2, 0.25) is 0 Å². The average Bonchev–Trinajstić information content (AvgIpc) is 2.93. The number of para-hydroxylation sites is 1. The lowest BCUT2D eigenvalue weighted by molar-refractivity contribution is -0.138. The number of amides is 1. The maximum Gasteiger partial charge on any atom is 0.263 e. The van der Waals surface area contributed by atoms with Crippen molar-refractivity contribution in [2.24, 2.45) is 0 Å². The van der Waals surface area contributed by atoms with E-state index in [1.165, 1.54) is 12.8 Å². The first-order valence-corrected chi connectivity index (χ1v) is 7.08. The van der Waals surface area contributed by atoms with Gasteiger partial charge in [0.15, 0.2) is 6.10 Å². The van der Waals surface area contributed by atoms with Gasteiger partial charge in [0.25, 0.3) is 5.91 Å². The minimum absolute atomic E-state index is 0.0788. The van der Waals surface area contributed by atoms with Gasteiger partial charge in [-0.05, 0) is 38.3 Å². The topological polar surface area (TPSA) is 29.5 Å². The van der Waals surface area contributed by atoms with E-state index in [0.29, 0.717) is 6.04 Å². The van der Waals surface area contributed by atoms with Crippen LogP contribution >= 0.6 is 0 Å². The molecule has 2 rings (SSSR count). The first kappa shape index (κ1) is 13.9. The minimum atomic E-state index is -0.424. The van der Waals surface area contributed by atoms with Gasteiger partial charge in [0.05, 0.1) is 0 Å². The largest absolute Gasteiger partial charge is 0.481 e. The molecule has 0 bridgehead atoms. The van der Waals surface area contributed by atoms with Crippen LogP contribution in [0.3, 0.4) is 0 Å². The zero-order valence-corrected chi connectivity index (χ0v) is 12.1. The van der Waals surface area contributed by atoms with Crippen molar-refractivity contribution >= 4 is 5.91 Å². The number of hydrogen-bond donors (Lipinski definition) is 0. The average molecular weight is 261 g/mol. The molecule has 1 aliphatic rings. The first-order chi connectivity index (χ1) is 9.09. The Hall–Kier alpha value is -1.51. The van der Waals surface area contributed by atoms with E-state index in [-0.39, 0.29) is 5.91 Å². The van der Waals surface area contributed by atoms with E-state index in [2.05, 4.69) is 0 Å². The lowest BCUT2D eigenvalue weighted by Gasteiger charge is -2.27. The van der Waals surface area contributed by atoms with Crippen molar-refractivity contribution in [3.8, 4) is 5.75 Å². The Labute approximate surface area is 115 Å². The van der Waals surface area contributed by atoms with Crippen LogP contribution in [0.25, 0.3) is 0 Å². The molecule has 0 heterocycles. The number of nitrogens with zero attached hydrogens (tertiary/aromatic N) is 1. The Bertz CT molecular complexity index is 438. The molecule has 1 fully saturated rings. The number of carbonyl (C=O) groups is 1. The maximum atomic E-state index is 12.3. The highest BCUT2D eigenvalue weighted by atomic mass is 16.5. The first-order valence-electron chi connectivity index (χ1n) is 7.08. The van der Waals surface area contributed by atoms with Gasteiger partial charge in [0, 0.05) is 13.1 Å². The molecule has 0 spiro atoms. The predicted octanol–water partition coefficient (Wildman–Crippen LogP) is 3.16. The second-order valence-electron chi connectivity index (χ2n) is 5.41. The molecule has 1 unspecified atom stereocenters. The number of hydrogen-bond acceptors (Lipinski definition) is 2. The van der Waals surface area contributed by atoms with Crippen molar-refractivity contribution < 1.29 is 9.53 Å². The molecule has 1 aromatic carbocycles. The molecule has 3 nitrogen and oxygen atoms in total. The Kier molecular flexibility index (Phi) is 4.46. The van der Waals surface area contributed by atoms with Gasteiger partial charge in [0.2, 0.25) is 0 Å². The van der Waals surface area contributed by atoms with Gasteiger partial charge in [-0.15, -0.1) is 0 Å². The molecule has 1 aromatic rings. The molecule has 19 heavy (non-hydrogen) atoms. The molecule has 104 valence electrons. The van der Waals surface area contributed by atoms with E-state index in [1.807, 2.05) is 50.1 Å². The van der Waals surface area contributed by atoms with E-state index in [9.17, 15) is 4.79 Å². The third kappa shape index (κ3) is 3.28. The molecule has 0 N–H and O–H groups in total. The predicted molar refractivity (Wildman–Crippen MR) is 76.3 cm³/mol. The van der Waals surface area contributed by atoms with E-state index in [4.69, 9.17) is 4.74 Å². The van der Waals surface area contributed by atoms with Gasteiger partial charge < -0.3 is 9.64 Å². The third-order valence-electron chi connectivity index (χ3n) is 3.97. The van der Waals surface area contributed by atoms with E-state index < -0.39 is 6.10 Å². The summed E-state index contributed by atoms with van der Waals surface area (Å²) in [6, 6.07) is 8.21. The molecule has 0 radical (unpaired) electrons. The minimum Gasteiger partial charge on any atom is -0.481 e. The zero-order valence-electron chi connectivity index (χ0n) is 12.1. The van der Waals surface area contributed by atoms with Crippen LogP contribution in [0.1, 0.15) is 38.2 Å². The van der Waals surface area contributed by atoms with Crippen LogP contribution in [-0.2, 0) is 4.79 Å². The summed E-state index contributed by atoms with van der Waals surface area (Å²) in [6.07, 6.45) is 4.29. The van der Waals surface area contributed by atoms with Gasteiger partial charge in [-0.2, -0.15) is 0 Å². The van der Waals surface area contributed by atoms with Crippen LogP contribution in [0, 0.1) is 6.92 Å². The van der Waals surface area contributed by atoms with Crippen molar-refractivity contribution in [1.29, 1.82) is 0 Å². The van der Waals surface area contributed by atoms with Gasteiger partial charge in [-0.25, -0.2) is 0 Å². The molecule has 0 aromatic heterocycles. The van der Waals surface area contributed by atoms with E-state index in [1.54, 1.807) is 0 Å². The summed E-state index contributed by atoms with van der Waals surface area (Å²) in [7, 11) is 1.90. The standard InChI is InChI=1S/C16H23NO2/c1-12-8-4-7-11-15(12)19-13(2)16(18)17(3)14-9-5-6-10-14/h4,7-8,11,13-14H,5-6,9-10H2,1-3H3. The van der Waals surface area contributed by atoms with Crippen LogP contribution in [-0.4, -0.2) is 30.0 Å². The number of likely N-dealkylation sites (N-methyl/N-ethyl adjacent to an activating group) is 1. The van der Waals surface area contributed by atoms with Gasteiger partial charge in [0.1, 0.15) is 5.75 Å². The van der Waals surface area contributed by atoms with Crippen molar-refractivity contribution in [3.05, 3.63) is 29.8 Å². The molecular formula is C16H23NO2. The smallest absolute Gasteiger partial charge is 0.263 e. The summed E-state index contributed by atoms with van der Waals surface area (Å²) in [5.74, 6) is 0.873. The quantitative estimate of drug-likeness (QED) is 0.833. The van der Waals surface area contributed by atoms with Crippen LogP contribution in [0.5, 0.6) is 5.75 Å². The third-order valence-corrected chi connectivity index (χ3v) is 3.97. The van der Waals surface area contributed by atoms with Crippen molar-refractivity contribution in [3.63, 3.8) is 0 Å². The molecule has 0 saturated heterocycles. The van der Waals surface area contributed by atoms with Crippen LogP contribution in [0.4, 0.5) is 0 Å². The zero-order chi connectivity index (χ0) is 13.8. The summed E-state index contributed by atoms with van der Waals surface area (Å²) < 4.78 is 5.80. The molecule has 1 aliphatic carbocycles. The number of rotatable bonds is 4. The highest BCUT2D eigenvalue weighted by Crippen LogP contribution is 2.24. The Morgan fingerprint density at radius 2 is 1.95 bits per heavy atom. The molecule has 1 saturated carbocycles. The van der Waals surface area contributed by atoms with Gasteiger partial charge >= 0.3 is 0 Å². The molecular weight excluding hydrogens is 238 g/mol. The van der Waals surface area contributed by atoms with E-state index >= 15 is 0 Å². The fourth-order valence-corrected chi connectivity index (χ4v) is 2.69. The summed E-state index contributed by atoms with van der Waals surface area (Å²) >= 11 is 0. The van der Waals surface area contributed by atoms with Crippen molar-refractivity contribution in [2.75, 3.05) is 7.05 Å².